The molecule has 0 bridgehead atoms. The summed E-state index contributed by atoms with van der Waals surface area (Å²) >= 11 is 0. The summed E-state index contributed by atoms with van der Waals surface area (Å²) in [6.07, 6.45) is 1.01. The van der Waals surface area contributed by atoms with Gasteiger partial charge in [-0.25, -0.2) is 0 Å². The standard InChI is InChI=1S/C15H22N2O2/c1-11-10-17(9-8-14(11)16-2)15(18)12-4-6-13(19-3)7-5-12/h4-7,11,14,16H,8-10H2,1-3H3. The van der Waals surface area contributed by atoms with Gasteiger partial charge in [0, 0.05) is 24.7 Å². The third kappa shape index (κ3) is 3.07. The van der Waals surface area contributed by atoms with E-state index in [0.29, 0.717) is 12.0 Å². The lowest BCUT2D eigenvalue weighted by Crippen LogP contribution is -2.49. The number of rotatable bonds is 3. The van der Waals surface area contributed by atoms with Crippen LogP contribution < -0.4 is 10.1 Å². The van der Waals surface area contributed by atoms with Crippen LogP contribution in [0.15, 0.2) is 24.3 Å². The summed E-state index contributed by atoms with van der Waals surface area (Å²) in [6, 6.07) is 7.83. The van der Waals surface area contributed by atoms with Crippen molar-refractivity contribution < 1.29 is 9.53 Å². The Morgan fingerprint density at radius 1 is 1.37 bits per heavy atom. The minimum absolute atomic E-state index is 0.115. The number of ether oxygens (including phenoxy) is 1. The first-order chi connectivity index (χ1) is 9.15. The largest absolute Gasteiger partial charge is 0.497 e. The number of nitrogens with zero attached hydrogens (tertiary/aromatic N) is 1. The summed E-state index contributed by atoms with van der Waals surface area (Å²) in [4.78, 5) is 14.3. The van der Waals surface area contributed by atoms with Gasteiger partial charge >= 0.3 is 0 Å². The average molecular weight is 262 g/mol. The monoisotopic (exact) mass is 262 g/mol. The molecule has 4 nitrogen and oxygen atoms in total. The van der Waals surface area contributed by atoms with E-state index in [0.717, 1.165) is 30.8 Å². The summed E-state index contributed by atoms with van der Waals surface area (Å²) in [7, 11) is 3.61. The first kappa shape index (κ1) is 13.9. The molecule has 1 heterocycles. The second-order valence-corrected chi connectivity index (χ2v) is 5.14. The molecule has 104 valence electrons. The first-order valence-corrected chi connectivity index (χ1v) is 6.76. The molecule has 1 amide bonds. The highest BCUT2D eigenvalue weighted by molar-refractivity contribution is 5.94. The molecule has 0 aliphatic carbocycles. The van der Waals surface area contributed by atoms with Crippen LogP contribution >= 0.6 is 0 Å². The molecule has 1 aliphatic heterocycles. The smallest absolute Gasteiger partial charge is 0.253 e. The second-order valence-electron chi connectivity index (χ2n) is 5.14. The Labute approximate surface area is 114 Å². The lowest BCUT2D eigenvalue weighted by Gasteiger charge is -2.36. The van der Waals surface area contributed by atoms with Crippen molar-refractivity contribution in [2.75, 3.05) is 27.2 Å². The van der Waals surface area contributed by atoms with Crippen LogP contribution in [0.25, 0.3) is 0 Å². The molecule has 1 aromatic carbocycles. The number of amides is 1. The normalized spacial score (nSPS) is 23.2. The summed E-state index contributed by atoms with van der Waals surface area (Å²) in [6.45, 7) is 3.83. The predicted molar refractivity (Wildman–Crippen MR) is 75.5 cm³/mol. The van der Waals surface area contributed by atoms with Crippen molar-refractivity contribution in [1.82, 2.24) is 10.2 Å². The van der Waals surface area contributed by atoms with Crippen LogP contribution in [0.3, 0.4) is 0 Å². The quantitative estimate of drug-likeness (QED) is 0.902. The maximum atomic E-state index is 12.4. The zero-order valence-electron chi connectivity index (χ0n) is 11.8. The Hall–Kier alpha value is -1.55. The van der Waals surface area contributed by atoms with Crippen molar-refractivity contribution in [3.8, 4) is 5.75 Å². The molecule has 19 heavy (non-hydrogen) atoms. The molecule has 0 spiro atoms. The zero-order chi connectivity index (χ0) is 13.8. The van der Waals surface area contributed by atoms with Gasteiger partial charge in [0.25, 0.3) is 5.91 Å². The number of nitrogens with one attached hydrogen (secondary N) is 1. The summed E-state index contributed by atoms with van der Waals surface area (Å²) < 4.78 is 5.11. The molecule has 1 N–H and O–H groups in total. The van der Waals surface area contributed by atoms with E-state index >= 15 is 0 Å². The number of carbonyl (C=O) groups excluding carboxylic acids is 1. The molecule has 0 aromatic heterocycles. The number of piperidine rings is 1. The fraction of sp³-hybridized carbons (Fsp3) is 0.533. The Morgan fingerprint density at radius 3 is 2.58 bits per heavy atom. The summed E-state index contributed by atoms with van der Waals surface area (Å²) in [5.41, 5.74) is 0.732. The van der Waals surface area contributed by atoms with Crippen molar-refractivity contribution in [2.45, 2.75) is 19.4 Å². The van der Waals surface area contributed by atoms with Crippen LogP contribution in [-0.4, -0.2) is 44.1 Å². The van der Waals surface area contributed by atoms with Gasteiger partial charge in [-0.1, -0.05) is 6.92 Å². The average Bonchev–Trinajstić information content (AvgIpc) is 2.46. The Balaban J connectivity index is 2.03. The SMILES string of the molecule is CNC1CCN(C(=O)c2ccc(OC)cc2)CC1C. The number of hydrogen-bond donors (Lipinski definition) is 1. The van der Waals surface area contributed by atoms with E-state index in [1.165, 1.54) is 0 Å². The fourth-order valence-electron chi connectivity index (χ4n) is 2.68. The van der Waals surface area contributed by atoms with Gasteiger partial charge < -0.3 is 15.0 Å². The van der Waals surface area contributed by atoms with E-state index < -0.39 is 0 Å². The maximum Gasteiger partial charge on any atom is 0.253 e. The molecule has 2 unspecified atom stereocenters. The third-order valence-electron chi connectivity index (χ3n) is 3.90. The number of likely N-dealkylation sites (tertiary alicyclic amines) is 1. The molecule has 1 saturated heterocycles. The van der Waals surface area contributed by atoms with Crippen LogP contribution in [-0.2, 0) is 0 Å². The van der Waals surface area contributed by atoms with Crippen LogP contribution in [0.2, 0.25) is 0 Å². The number of carbonyl (C=O) groups is 1. The minimum Gasteiger partial charge on any atom is -0.497 e. The van der Waals surface area contributed by atoms with Crippen molar-refractivity contribution >= 4 is 5.91 Å². The molecular weight excluding hydrogens is 240 g/mol. The zero-order valence-corrected chi connectivity index (χ0v) is 11.8. The predicted octanol–water partition coefficient (Wildman–Crippen LogP) is 1.77. The Kier molecular flexibility index (Phi) is 4.43. The van der Waals surface area contributed by atoms with Crippen molar-refractivity contribution in [2.24, 2.45) is 5.92 Å². The molecule has 1 aromatic rings. The van der Waals surface area contributed by atoms with Crippen molar-refractivity contribution in [3.05, 3.63) is 29.8 Å². The number of methoxy groups -OCH3 is 1. The lowest BCUT2D eigenvalue weighted by atomic mass is 9.93. The third-order valence-corrected chi connectivity index (χ3v) is 3.90. The highest BCUT2D eigenvalue weighted by Crippen LogP contribution is 2.19. The molecule has 2 atom stereocenters. The maximum absolute atomic E-state index is 12.4. The van der Waals surface area contributed by atoms with Crippen LogP contribution in [0.1, 0.15) is 23.7 Å². The van der Waals surface area contributed by atoms with Gasteiger partial charge in [0.1, 0.15) is 5.75 Å². The topological polar surface area (TPSA) is 41.6 Å². The van der Waals surface area contributed by atoms with Crippen molar-refractivity contribution in [1.29, 1.82) is 0 Å². The second kappa shape index (κ2) is 6.06. The van der Waals surface area contributed by atoms with Crippen molar-refractivity contribution in [3.63, 3.8) is 0 Å². The van der Waals surface area contributed by atoms with E-state index in [-0.39, 0.29) is 5.91 Å². The van der Waals surface area contributed by atoms with Gasteiger partial charge in [-0.2, -0.15) is 0 Å². The van der Waals surface area contributed by atoms with E-state index in [4.69, 9.17) is 4.74 Å². The van der Waals surface area contributed by atoms with Crippen LogP contribution in [0.5, 0.6) is 5.75 Å². The van der Waals surface area contributed by atoms with Gasteiger partial charge in [-0.05, 0) is 43.7 Å². The van der Waals surface area contributed by atoms with Gasteiger partial charge in [-0.15, -0.1) is 0 Å². The van der Waals surface area contributed by atoms with E-state index in [9.17, 15) is 4.79 Å². The summed E-state index contributed by atoms with van der Waals surface area (Å²) in [5.74, 6) is 1.38. The molecule has 2 rings (SSSR count). The molecule has 4 heteroatoms. The Bertz CT molecular complexity index is 430. The first-order valence-electron chi connectivity index (χ1n) is 6.76. The molecule has 1 fully saturated rings. The fourth-order valence-corrected chi connectivity index (χ4v) is 2.68. The molecular formula is C15H22N2O2. The van der Waals surface area contributed by atoms with E-state index in [1.54, 1.807) is 7.11 Å². The number of benzene rings is 1. The molecule has 1 aliphatic rings. The van der Waals surface area contributed by atoms with Gasteiger partial charge in [-0.3, -0.25) is 4.79 Å². The van der Waals surface area contributed by atoms with Crippen LogP contribution in [0.4, 0.5) is 0 Å². The van der Waals surface area contributed by atoms with Crippen LogP contribution in [0, 0.1) is 5.92 Å². The summed E-state index contributed by atoms with van der Waals surface area (Å²) in [5, 5.41) is 3.31. The van der Waals surface area contributed by atoms with E-state index in [1.807, 2.05) is 36.2 Å². The van der Waals surface area contributed by atoms with Gasteiger partial charge in [0.15, 0.2) is 0 Å². The van der Waals surface area contributed by atoms with E-state index in [2.05, 4.69) is 12.2 Å². The lowest BCUT2D eigenvalue weighted by molar-refractivity contribution is 0.0649. The van der Waals surface area contributed by atoms with Gasteiger partial charge in [0.2, 0.25) is 0 Å². The molecule has 0 radical (unpaired) electrons. The molecule has 0 saturated carbocycles. The highest BCUT2D eigenvalue weighted by Gasteiger charge is 2.27. The number of hydrogen-bond acceptors (Lipinski definition) is 3. The van der Waals surface area contributed by atoms with Gasteiger partial charge in [0.05, 0.1) is 7.11 Å². The highest BCUT2D eigenvalue weighted by atomic mass is 16.5. The Morgan fingerprint density at radius 2 is 2.05 bits per heavy atom. The minimum atomic E-state index is 0.115.